The molecule has 3 aromatic rings. The van der Waals surface area contributed by atoms with Crippen molar-refractivity contribution in [1.82, 2.24) is 14.8 Å². The molecule has 4 nitrogen and oxygen atoms in total. The number of benzene rings is 1. The van der Waals surface area contributed by atoms with E-state index in [0.717, 1.165) is 10.7 Å². The fourth-order valence-corrected chi connectivity index (χ4v) is 4.70. The fourth-order valence-electron chi connectivity index (χ4n) is 2.15. The van der Waals surface area contributed by atoms with Gasteiger partial charge in [0.15, 0.2) is 4.34 Å². The molecule has 0 amide bonds. The van der Waals surface area contributed by atoms with E-state index in [9.17, 15) is 13.2 Å². The van der Waals surface area contributed by atoms with Crippen LogP contribution in [0.3, 0.4) is 0 Å². The Hall–Kier alpha value is -0.970. The zero-order chi connectivity index (χ0) is 17.6. The lowest BCUT2D eigenvalue weighted by Crippen LogP contribution is -2.06. The molecule has 0 aliphatic rings. The van der Waals surface area contributed by atoms with Crippen LogP contribution in [-0.2, 0) is 7.05 Å². The molecule has 24 heavy (non-hydrogen) atoms. The number of alkyl halides is 2. The van der Waals surface area contributed by atoms with Gasteiger partial charge in [-0.15, -0.1) is 11.3 Å². The van der Waals surface area contributed by atoms with Crippen LogP contribution in [0.2, 0.25) is 5.02 Å². The molecule has 0 aliphatic heterocycles. The summed E-state index contributed by atoms with van der Waals surface area (Å²) in [6.07, 6.45) is 1.84. The molecule has 0 saturated carbocycles. The third-order valence-corrected chi connectivity index (χ3v) is 6.17. The predicted molar refractivity (Wildman–Crippen MR) is 92.9 cm³/mol. The Morgan fingerprint density at radius 1 is 1.46 bits per heavy atom. The molecule has 0 saturated heterocycles. The molecule has 2 aromatic heterocycles. The van der Waals surface area contributed by atoms with Gasteiger partial charge in [0.1, 0.15) is 21.5 Å². The first-order valence-corrected chi connectivity index (χ1v) is 9.55. The highest BCUT2D eigenvalue weighted by Crippen LogP contribution is 2.44. The summed E-state index contributed by atoms with van der Waals surface area (Å²) in [6, 6.07) is 1.14. The minimum atomic E-state index is -3.02. The summed E-state index contributed by atoms with van der Waals surface area (Å²) in [7, 11) is 1.43. The molecule has 11 heteroatoms. The summed E-state index contributed by atoms with van der Waals surface area (Å²) in [4.78, 5) is 4.35. The second-order valence-corrected chi connectivity index (χ2v) is 7.80. The van der Waals surface area contributed by atoms with Gasteiger partial charge in [0, 0.05) is 7.05 Å². The largest absolute Gasteiger partial charge is 0.416 e. The lowest BCUT2D eigenvalue weighted by Gasteiger charge is -2.05. The number of thiazole rings is 1. The topological polar surface area (TPSA) is 39.9 Å². The normalized spacial score (nSPS) is 11.7. The first-order valence-electron chi connectivity index (χ1n) is 6.33. The molecule has 0 radical (unpaired) electrons. The number of hydrogen-bond donors (Lipinski definition) is 0. The summed E-state index contributed by atoms with van der Waals surface area (Å²) in [6.45, 7) is -3.02. The van der Waals surface area contributed by atoms with Gasteiger partial charge in [-0.3, -0.25) is 0 Å². The summed E-state index contributed by atoms with van der Waals surface area (Å²) >= 11 is 11.9. The number of aryl methyl sites for hydroxylation is 1. The van der Waals surface area contributed by atoms with Crippen LogP contribution in [0.15, 0.2) is 14.9 Å². The van der Waals surface area contributed by atoms with Gasteiger partial charge in [-0.25, -0.2) is 14.1 Å². The number of ether oxygens (including phenoxy) is 1. The van der Waals surface area contributed by atoms with Crippen molar-refractivity contribution in [1.29, 1.82) is 0 Å². The maximum Gasteiger partial charge on any atom is 0.388 e. The third kappa shape index (κ3) is 3.00. The van der Waals surface area contributed by atoms with Gasteiger partial charge < -0.3 is 4.74 Å². The summed E-state index contributed by atoms with van der Waals surface area (Å²) in [5.74, 6) is -0.816. The van der Waals surface area contributed by atoms with Gasteiger partial charge in [0.05, 0.1) is 15.3 Å². The van der Waals surface area contributed by atoms with E-state index in [-0.39, 0.29) is 26.6 Å². The molecule has 3 rings (SSSR count). The van der Waals surface area contributed by atoms with E-state index < -0.39 is 12.4 Å². The molecule has 128 valence electrons. The Morgan fingerprint density at radius 3 is 2.79 bits per heavy atom. The number of aromatic nitrogens is 3. The van der Waals surface area contributed by atoms with Gasteiger partial charge in [-0.05, 0) is 28.3 Å². The lowest BCUT2D eigenvalue weighted by atomic mass is 10.1. The number of thioether (sulfide) groups is 1. The van der Waals surface area contributed by atoms with Crippen molar-refractivity contribution in [2.45, 2.75) is 11.0 Å². The molecule has 0 spiro atoms. The van der Waals surface area contributed by atoms with E-state index in [4.69, 9.17) is 11.6 Å². The summed E-state index contributed by atoms with van der Waals surface area (Å²) < 4.78 is 46.5. The van der Waals surface area contributed by atoms with Crippen molar-refractivity contribution in [3.8, 4) is 17.1 Å². The highest BCUT2D eigenvalue weighted by molar-refractivity contribution is 9.10. The van der Waals surface area contributed by atoms with Crippen molar-refractivity contribution >= 4 is 60.8 Å². The molecular formula is C13H8BrClF3N3OS2. The van der Waals surface area contributed by atoms with Crippen LogP contribution < -0.4 is 4.74 Å². The van der Waals surface area contributed by atoms with E-state index in [1.807, 2.05) is 6.26 Å². The second-order valence-electron chi connectivity index (χ2n) is 4.55. The lowest BCUT2D eigenvalue weighted by molar-refractivity contribution is -0.0558. The molecule has 0 N–H and O–H groups in total. The Morgan fingerprint density at radius 2 is 2.17 bits per heavy atom. The zero-order valence-electron chi connectivity index (χ0n) is 12.1. The minimum absolute atomic E-state index is 0.131. The minimum Gasteiger partial charge on any atom is -0.416 e. The molecule has 0 fully saturated rings. The van der Waals surface area contributed by atoms with Crippen molar-refractivity contribution < 1.29 is 17.9 Å². The van der Waals surface area contributed by atoms with Crippen LogP contribution in [0.25, 0.3) is 21.5 Å². The highest BCUT2D eigenvalue weighted by Gasteiger charge is 2.26. The van der Waals surface area contributed by atoms with E-state index in [1.54, 1.807) is 0 Å². The Kier molecular flexibility index (Phi) is 5.01. The number of fused-ring (bicyclic) bond motifs is 1. The predicted octanol–water partition coefficient (Wildman–Crippen LogP) is 5.58. The van der Waals surface area contributed by atoms with Crippen molar-refractivity contribution in [2.75, 3.05) is 6.26 Å². The van der Waals surface area contributed by atoms with Crippen LogP contribution in [0.5, 0.6) is 5.88 Å². The average Bonchev–Trinajstić information content (AvgIpc) is 3.04. The number of nitrogens with zero attached hydrogens (tertiary/aromatic N) is 3. The van der Waals surface area contributed by atoms with E-state index in [0.29, 0.717) is 14.6 Å². The quantitative estimate of drug-likeness (QED) is 0.479. The van der Waals surface area contributed by atoms with Crippen LogP contribution >= 0.6 is 50.6 Å². The average molecular weight is 459 g/mol. The molecule has 1 aromatic carbocycles. The zero-order valence-corrected chi connectivity index (χ0v) is 16.1. The number of hydrogen-bond acceptors (Lipinski definition) is 5. The smallest absolute Gasteiger partial charge is 0.388 e. The van der Waals surface area contributed by atoms with E-state index >= 15 is 0 Å². The van der Waals surface area contributed by atoms with Gasteiger partial charge in [0.25, 0.3) is 0 Å². The molecular weight excluding hydrogens is 451 g/mol. The Bertz CT molecular complexity index is 931. The summed E-state index contributed by atoms with van der Waals surface area (Å²) in [5.41, 5.74) is 0.721. The van der Waals surface area contributed by atoms with Gasteiger partial charge in [-0.2, -0.15) is 13.9 Å². The fraction of sp³-hybridized carbons (Fsp3) is 0.231. The molecule has 0 bridgehead atoms. The Balaban J connectivity index is 2.29. The van der Waals surface area contributed by atoms with Crippen molar-refractivity contribution in [3.63, 3.8) is 0 Å². The van der Waals surface area contributed by atoms with Gasteiger partial charge in [-0.1, -0.05) is 23.4 Å². The van der Waals surface area contributed by atoms with Gasteiger partial charge >= 0.3 is 6.61 Å². The second kappa shape index (κ2) is 6.74. The van der Waals surface area contributed by atoms with Gasteiger partial charge in [0.2, 0.25) is 5.88 Å². The molecule has 0 atom stereocenters. The van der Waals surface area contributed by atoms with Crippen LogP contribution in [0.4, 0.5) is 13.2 Å². The maximum absolute atomic E-state index is 14.6. The maximum atomic E-state index is 14.6. The van der Waals surface area contributed by atoms with Crippen LogP contribution in [0.1, 0.15) is 0 Å². The van der Waals surface area contributed by atoms with Crippen molar-refractivity contribution in [3.05, 3.63) is 21.4 Å². The Labute approximate surface area is 156 Å². The standard InChI is InChI=1S/C13H8BrClF3N3OS2/c1-21-11(22-12(17)18)7(14)9(20-21)6-5(16)3-4(15)8-10(6)24-13(19-8)23-2/h3,12H,1-2H3. The first kappa shape index (κ1) is 17.8. The molecule has 2 heterocycles. The molecule has 0 unspecified atom stereocenters. The van der Waals surface area contributed by atoms with Crippen molar-refractivity contribution in [2.24, 2.45) is 7.05 Å². The number of halogens is 5. The third-order valence-electron chi connectivity index (χ3n) is 3.10. The first-order chi connectivity index (χ1) is 11.3. The van der Waals surface area contributed by atoms with E-state index in [1.165, 1.54) is 30.1 Å². The molecule has 0 aliphatic carbocycles. The SMILES string of the molecule is CSc1nc2c(Cl)cc(F)c(-c3nn(C)c(OC(F)F)c3Br)c2s1. The van der Waals surface area contributed by atoms with Crippen LogP contribution in [-0.4, -0.2) is 27.6 Å². The number of rotatable bonds is 4. The summed E-state index contributed by atoms with van der Waals surface area (Å²) in [5, 5.41) is 4.29. The monoisotopic (exact) mass is 457 g/mol. The van der Waals surface area contributed by atoms with E-state index in [2.05, 4.69) is 30.7 Å². The van der Waals surface area contributed by atoms with Crippen LogP contribution in [0, 0.1) is 5.82 Å². The highest BCUT2D eigenvalue weighted by atomic mass is 79.9.